The molecule has 0 saturated heterocycles. The number of carbonyl (C=O) groups excluding carboxylic acids is 1. The molecule has 0 radical (unpaired) electrons. The van der Waals surface area contributed by atoms with Crippen molar-refractivity contribution in [3.63, 3.8) is 0 Å². The van der Waals surface area contributed by atoms with Gasteiger partial charge in [-0.3, -0.25) is 18.7 Å². The lowest BCUT2D eigenvalue weighted by Crippen LogP contribution is -2.24. The van der Waals surface area contributed by atoms with E-state index >= 15 is 0 Å². The van der Waals surface area contributed by atoms with Gasteiger partial charge in [-0.05, 0) is 30.3 Å². The van der Waals surface area contributed by atoms with Crippen LogP contribution in [-0.4, -0.2) is 30.2 Å². The van der Waals surface area contributed by atoms with Crippen LogP contribution in [0, 0.1) is 0 Å². The monoisotopic (exact) mass is 461 g/mol. The van der Waals surface area contributed by atoms with Gasteiger partial charge in [0.15, 0.2) is 0 Å². The highest BCUT2D eigenvalue weighted by Gasteiger charge is 2.33. The number of nitrogens with one attached hydrogen (secondary N) is 1. The third kappa shape index (κ3) is 4.39. The summed E-state index contributed by atoms with van der Waals surface area (Å²) >= 11 is 0. The fourth-order valence-electron chi connectivity index (χ4n) is 2.93. The normalized spacial score (nSPS) is 13.6. The minimum Gasteiger partial charge on any atom is -0.346 e. The van der Waals surface area contributed by atoms with Crippen LogP contribution < -0.4 is 15.9 Å². The number of pyridine rings is 1. The van der Waals surface area contributed by atoms with E-state index in [-0.39, 0.29) is 17.2 Å². The Hall–Kier alpha value is -3.56. The minimum absolute atomic E-state index is 0.0281. The second-order valence-corrected chi connectivity index (χ2v) is 8.98. The quantitative estimate of drug-likeness (QED) is 0.442. The van der Waals surface area contributed by atoms with Crippen LogP contribution in [0.1, 0.15) is 21.6 Å². The molecule has 0 fully saturated rings. The van der Waals surface area contributed by atoms with Crippen LogP contribution in [0.4, 0.5) is 13.2 Å². The predicted molar refractivity (Wildman–Crippen MR) is 109 cm³/mol. The first-order valence-corrected chi connectivity index (χ1v) is 10.8. The van der Waals surface area contributed by atoms with Crippen LogP contribution in [0.15, 0.2) is 67.4 Å². The van der Waals surface area contributed by atoms with Crippen LogP contribution in [0.25, 0.3) is 5.78 Å². The lowest BCUT2D eigenvalue weighted by atomic mass is 10.2. The molecule has 0 saturated carbocycles. The van der Waals surface area contributed by atoms with Gasteiger partial charge in [0.25, 0.3) is 13.3 Å². The molecule has 0 spiro atoms. The fraction of sp³-hybridized carbons (Fsp3) is 0.100. The Balaban J connectivity index is 1.46. The van der Waals surface area contributed by atoms with Gasteiger partial charge in [0.2, 0.25) is 5.78 Å². The molecule has 4 rings (SSSR count). The molecule has 1 amide bonds. The summed E-state index contributed by atoms with van der Waals surface area (Å²) in [5.74, 6) is 0.0452. The number of nitrogens with zero attached hydrogens (tertiary/aromatic N) is 4. The van der Waals surface area contributed by atoms with Gasteiger partial charge in [-0.25, -0.2) is 9.97 Å². The maximum absolute atomic E-state index is 12.9. The SMILES string of the molecule is O=C(NCc1ccc(P(=O)(O)c2cccc(C(F)(F)F)c2)cn1)c1cnc2nccn2c1. The maximum Gasteiger partial charge on any atom is 0.416 e. The van der Waals surface area contributed by atoms with E-state index in [0.717, 1.165) is 24.4 Å². The predicted octanol–water partition coefficient (Wildman–Crippen LogP) is 2.29. The molecule has 0 aliphatic heterocycles. The van der Waals surface area contributed by atoms with Crippen LogP contribution in [0.5, 0.6) is 0 Å². The molecule has 12 heteroatoms. The minimum atomic E-state index is -4.63. The van der Waals surface area contributed by atoms with Crippen molar-refractivity contribution < 1.29 is 27.4 Å². The van der Waals surface area contributed by atoms with Gasteiger partial charge in [-0.15, -0.1) is 0 Å². The summed E-state index contributed by atoms with van der Waals surface area (Å²) in [5, 5.41) is 2.18. The first-order chi connectivity index (χ1) is 15.1. The van der Waals surface area contributed by atoms with Gasteiger partial charge >= 0.3 is 6.18 Å². The zero-order chi connectivity index (χ0) is 22.9. The average molecular weight is 461 g/mol. The molecule has 8 nitrogen and oxygen atoms in total. The van der Waals surface area contributed by atoms with E-state index in [2.05, 4.69) is 20.3 Å². The Bertz CT molecular complexity index is 1340. The fourth-order valence-corrected chi connectivity index (χ4v) is 4.32. The smallest absolute Gasteiger partial charge is 0.346 e. The van der Waals surface area contributed by atoms with Crippen molar-refractivity contribution in [3.05, 3.63) is 84.2 Å². The Morgan fingerprint density at radius 2 is 1.91 bits per heavy atom. The second-order valence-electron chi connectivity index (χ2n) is 6.79. The molecule has 164 valence electrons. The first-order valence-electron chi connectivity index (χ1n) is 9.17. The van der Waals surface area contributed by atoms with Crippen molar-refractivity contribution in [2.24, 2.45) is 0 Å². The van der Waals surface area contributed by atoms with E-state index in [0.29, 0.717) is 23.1 Å². The summed E-state index contributed by atoms with van der Waals surface area (Å²) in [5.41, 5.74) is -0.320. The molecular weight excluding hydrogens is 446 g/mol. The molecule has 1 unspecified atom stereocenters. The summed E-state index contributed by atoms with van der Waals surface area (Å²) in [6.07, 6.45) is 2.63. The van der Waals surface area contributed by atoms with Crippen LogP contribution >= 0.6 is 7.37 Å². The molecule has 3 aromatic heterocycles. The highest BCUT2D eigenvalue weighted by molar-refractivity contribution is 7.73. The topological polar surface area (TPSA) is 109 Å². The van der Waals surface area contributed by atoms with E-state index in [1.165, 1.54) is 18.3 Å². The third-order valence-electron chi connectivity index (χ3n) is 4.62. The molecule has 4 aromatic rings. The molecule has 1 atom stereocenters. The Morgan fingerprint density at radius 3 is 2.62 bits per heavy atom. The number of amides is 1. The zero-order valence-corrected chi connectivity index (χ0v) is 17.1. The van der Waals surface area contributed by atoms with Crippen LogP contribution in [0.3, 0.4) is 0 Å². The number of alkyl halides is 3. The van der Waals surface area contributed by atoms with E-state index in [4.69, 9.17) is 0 Å². The van der Waals surface area contributed by atoms with Crippen LogP contribution in [-0.2, 0) is 17.3 Å². The van der Waals surface area contributed by atoms with E-state index in [1.807, 2.05) is 0 Å². The first kappa shape index (κ1) is 21.7. The summed E-state index contributed by atoms with van der Waals surface area (Å²) < 4.78 is 53.2. The van der Waals surface area contributed by atoms with Crippen molar-refractivity contribution in [1.29, 1.82) is 0 Å². The standard InChI is InChI=1S/C20H15F3N5O3P/c21-20(22,23)14-2-1-3-16(8-14)32(30,31)17-5-4-15(25-11-17)10-26-18(29)13-9-27-19-24-6-7-28(19)12-13/h1-9,11-12H,10H2,(H,26,29)(H,30,31). The molecule has 32 heavy (non-hydrogen) atoms. The van der Waals surface area contributed by atoms with Gasteiger partial charge in [0.05, 0.1) is 28.7 Å². The number of hydrogen-bond donors (Lipinski definition) is 2. The van der Waals surface area contributed by atoms with E-state index in [1.54, 1.807) is 23.0 Å². The van der Waals surface area contributed by atoms with E-state index in [9.17, 15) is 27.4 Å². The summed E-state index contributed by atoms with van der Waals surface area (Å²) in [6.45, 7) is 0.0281. The summed E-state index contributed by atoms with van der Waals surface area (Å²) in [7, 11) is -4.28. The van der Waals surface area contributed by atoms with Crippen molar-refractivity contribution >= 4 is 29.7 Å². The zero-order valence-electron chi connectivity index (χ0n) is 16.2. The molecule has 0 bridgehead atoms. The molecule has 0 aliphatic carbocycles. The summed E-state index contributed by atoms with van der Waals surface area (Å²) in [4.78, 5) is 34.8. The van der Waals surface area contributed by atoms with Gasteiger partial charge in [-0.1, -0.05) is 6.07 Å². The van der Waals surface area contributed by atoms with E-state index < -0.39 is 25.0 Å². The summed E-state index contributed by atoms with van der Waals surface area (Å²) in [6, 6.07) is 6.44. The van der Waals surface area contributed by atoms with Crippen molar-refractivity contribution in [3.8, 4) is 0 Å². The van der Waals surface area contributed by atoms with Crippen molar-refractivity contribution in [1.82, 2.24) is 24.7 Å². The highest BCUT2D eigenvalue weighted by Crippen LogP contribution is 2.39. The molecule has 0 aliphatic rings. The Morgan fingerprint density at radius 1 is 1.09 bits per heavy atom. The lowest BCUT2D eigenvalue weighted by molar-refractivity contribution is -0.137. The number of carbonyl (C=O) groups is 1. The van der Waals surface area contributed by atoms with Crippen molar-refractivity contribution in [2.75, 3.05) is 0 Å². The Labute approximate surface area is 179 Å². The highest BCUT2D eigenvalue weighted by atomic mass is 31.2. The lowest BCUT2D eigenvalue weighted by Gasteiger charge is -2.14. The number of halogens is 3. The molecule has 1 aromatic carbocycles. The number of rotatable bonds is 5. The molecule has 3 heterocycles. The van der Waals surface area contributed by atoms with Crippen LogP contribution in [0.2, 0.25) is 0 Å². The number of fused-ring (bicyclic) bond motifs is 1. The van der Waals surface area contributed by atoms with Gasteiger partial charge in [0, 0.05) is 36.3 Å². The largest absolute Gasteiger partial charge is 0.416 e. The maximum atomic E-state index is 12.9. The number of hydrogen-bond acceptors (Lipinski definition) is 5. The van der Waals surface area contributed by atoms with Crippen molar-refractivity contribution in [2.45, 2.75) is 12.7 Å². The average Bonchev–Trinajstić information content (AvgIpc) is 3.25. The number of aromatic nitrogens is 4. The molecular formula is C20H15F3N5O3P. The van der Waals surface area contributed by atoms with Gasteiger partial charge in [0.1, 0.15) is 0 Å². The second kappa shape index (κ2) is 8.18. The number of benzene rings is 1. The van der Waals surface area contributed by atoms with Gasteiger partial charge in [-0.2, -0.15) is 13.2 Å². The van der Waals surface area contributed by atoms with Gasteiger partial charge < -0.3 is 10.2 Å². The number of imidazole rings is 1. The third-order valence-corrected chi connectivity index (χ3v) is 6.56. The Kier molecular flexibility index (Phi) is 5.53. The molecule has 2 N–H and O–H groups in total.